The van der Waals surface area contributed by atoms with Crippen molar-refractivity contribution in [2.75, 3.05) is 30.8 Å². The molecule has 4 nitrogen and oxygen atoms in total. The molecule has 0 fully saturated rings. The molecule has 17 heavy (non-hydrogen) atoms. The van der Waals surface area contributed by atoms with E-state index in [1.807, 2.05) is 6.07 Å². The maximum absolute atomic E-state index is 8.83. The third kappa shape index (κ3) is 4.75. The Morgan fingerprint density at radius 1 is 1.47 bits per heavy atom. The van der Waals surface area contributed by atoms with Gasteiger partial charge in [0.1, 0.15) is 6.07 Å². The Morgan fingerprint density at radius 3 is 2.88 bits per heavy atom. The van der Waals surface area contributed by atoms with E-state index in [1.165, 1.54) is 0 Å². The zero-order valence-electron chi connectivity index (χ0n) is 10.4. The van der Waals surface area contributed by atoms with Gasteiger partial charge < -0.3 is 15.8 Å². The highest BCUT2D eigenvalue weighted by molar-refractivity contribution is 5.61. The lowest BCUT2D eigenvalue weighted by Crippen LogP contribution is -2.12. The topological polar surface area (TPSA) is 71.1 Å². The number of nitrogens with zero attached hydrogens (tertiary/aromatic N) is 1. The summed E-state index contributed by atoms with van der Waals surface area (Å²) in [6.45, 7) is 6.39. The maximum atomic E-state index is 8.83. The molecule has 0 atom stereocenters. The average Bonchev–Trinajstić information content (AvgIpc) is 2.30. The lowest BCUT2D eigenvalue weighted by Gasteiger charge is -2.09. The largest absolute Gasteiger partial charge is 0.398 e. The van der Waals surface area contributed by atoms with Gasteiger partial charge in [0.2, 0.25) is 0 Å². The van der Waals surface area contributed by atoms with Crippen LogP contribution in [0.15, 0.2) is 18.2 Å². The van der Waals surface area contributed by atoms with Gasteiger partial charge in [0.05, 0.1) is 12.2 Å². The number of nitrogens with one attached hydrogen (secondary N) is 1. The summed E-state index contributed by atoms with van der Waals surface area (Å²) in [6.07, 6.45) is 0. The quantitative estimate of drug-likeness (QED) is 0.584. The minimum Gasteiger partial charge on any atom is -0.398 e. The molecule has 0 aromatic heterocycles. The first kappa shape index (κ1) is 13.3. The van der Waals surface area contributed by atoms with Crippen LogP contribution in [-0.2, 0) is 4.74 Å². The van der Waals surface area contributed by atoms with Crippen molar-refractivity contribution in [3.05, 3.63) is 23.8 Å². The van der Waals surface area contributed by atoms with Gasteiger partial charge in [0.25, 0.3) is 0 Å². The van der Waals surface area contributed by atoms with Crippen molar-refractivity contribution in [2.24, 2.45) is 5.92 Å². The van der Waals surface area contributed by atoms with E-state index >= 15 is 0 Å². The van der Waals surface area contributed by atoms with Crippen LogP contribution in [0.3, 0.4) is 0 Å². The van der Waals surface area contributed by atoms with E-state index in [1.54, 1.807) is 12.1 Å². The Hall–Kier alpha value is -1.73. The molecule has 92 valence electrons. The van der Waals surface area contributed by atoms with Gasteiger partial charge in [-0.25, -0.2) is 0 Å². The average molecular weight is 233 g/mol. The normalized spacial score (nSPS) is 10.2. The van der Waals surface area contributed by atoms with Gasteiger partial charge >= 0.3 is 0 Å². The Bertz CT molecular complexity index is 396. The van der Waals surface area contributed by atoms with Gasteiger partial charge in [-0.3, -0.25) is 0 Å². The molecule has 0 amide bonds. The molecule has 1 aromatic rings. The molecule has 0 radical (unpaired) electrons. The molecule has 0 saturated heterocycles. The van der Waals surface area contributed by atoms with E-state index in [0.29, 0.717) is 23.8 Å². The lowest BCUT2D eigenvalue weighted by atomic mass is 10.2. The maximum Gasteiger partial charge on any atom is 0.101 e. The monoisotopic (exact) mass is 233 g/mol. The van der Waals surface area contributed by atoms with Crippen LogP contribution in [0, 0.1) is 17.2 Å². The van der Waals surface area contributed by atoms with Crippen LogP contribution < -0.4 is 11.1 Å². The molecule has 0 spiro atoms. The minimum absolute atomic E-state index is 0.498. The van der Waals surface area contributed by atoms with Crippen molar-refractivity contribution in [3.63, 3.8) is 0 Å². The fourth-order valence-electron chi connectivity index (χ4n) is 1.35. The minimum atomic E-state index is 0.498. The standard InChI is InChI=1S/C13H19N3O/c1-10(2)9-17-6-5-16-12-3-4-13(15)11(7-12)8-14/h3-4,7,10,16H,5-6,9,15H2,1-2H3. The van der Waals surface area contributed by atoms with Crippen LogP contribution in [0.4, 0.5) is 11.4 Å². The second kappa shape index (κ2) is 6.77. The number of rotatable bonds is 6. The fourth-order valence-corrected chi connectivity index (χ4v) is 1.35. The van der Waals surface area contributed by atoms with E-state index < -0.39 is 0 Å². The zero-order chi connectivity index (χ0) is 12.7. The smallest absolute Gasteiger partial charge is 0.101 e. The highest BCUT2D eigenvalue weighted by Crippen LogP contribution is 2.16. The highest BCUT2D eigenvalue weighted by atomic mass is 16.5. The molecule has 0 heterocycles. The molecule has 0 unspecified atom stereocenters. The van der Waals surface area contributed by atoms with Crippen LogP contribution in [0.25, 0.3) is 0 Å². The Morgan fingerprint density at radius 2 is 2.24 bits per heavy atom. The summed E-state index contributed by atoms with van der Waals surface area (Å²) in [7, 11) is 0. The van der Waals surface area contributed by atoms with E-state index in [4.69, 9.17) is 15.7 Å². The molecule has 4 heteroatoms. The first-order valence-electron chi connectivity index (χ1n) is 5.74. The number of nitrogens with two attached hydrogens (primary N) is 1. The van der Waals surface area contributed by atoms with E-state index in [9.17, 15) is 0 Å². The van der Waals surface area contributed by atoms with Gasteiger partial charge in [-0.15, -0.1) is 0 Å². The van der Waals surface area contributed by atoms with Gasteiger partial charge in [-0.05, 0) is 24.1 Å². The predicted molar refractivity (Wildman–Crippen MR) is 69.7 cm³/mol. The Labute approximate surface area is 102 Å². The molecule has 0 aliphatic carbocycles. The Balaban J connectivity index is 2.35. The Kier molecular flexibility index (Phi) is 5.31. The first-order valence-corrected chi connectivity index (χ1v) is 5.74. The molecule has 0 aliphatic rings. The van der Waals surface area contributed by atoms with Crippen LogP contribution in [0.2, 0.25) is 0 Å². The number of hydrogen-bond acceptors (Lipinski definition) is 4. The summed E-state index contributed by atoms with van der Waals surface area (Å²) in [6, 6.07) is 7.40. The van der Waals surface area contributed by atoms with Crippen LogP contribution in [0.5, 0.6) is 0 Å². The summed E-state index contributed by atoms with van der Waals surface area (Å²) in [5.74, 6) is 0.553. The van der Waals surface area contributed by atoms with Crippen molar-refractivity contribution in [3.8, 4) is 6.07 Å². The molecular weight excluding hydrogens is 214 g/mol. The number of nitriles is 1. The molecule has 0 bridgehead atoms. The summed E-state index contributed by atoms with van der Waals surface area (Å²) < 4.78 is 5.44. The summed E-state index contributed by atoms with van der Waals surface area (Å²) in [5, 5.41) is 12.0. The van der Waals surface area contributed by atoms with E-state index in [2.05, 4.69) is 25.2 Å². The second-order valence-electron chi connectivity index (χ2n) is 4.31. The van der Waals surface area contributed by atoms with Crippen molar-refractivity contribution in [1.82, 2.24) is 0 Å². The lowest BCUT2D eigenvalue weighted by molar-refractivity contribution is 0.118. The summed E-state index contributed by atoms with van der Waals surface area (Å²) >= 11 is 0. The molecule has 0 saturated carbocycles. The van der Waals surface area contributed by atoms with Gasteiger partial charge in [-0.1, -0.05) is 13.8 Å². The molecule has 1 rings (SSSR count). The van der Waals surface area contributed by atoms with Crippen molar-refractivity contribution < 1.29 is 4.74 Å². The third-order valence-corrected chi connectivity index (χ3v) is 2.20. The molecule has 3 N–H and O–H groups in total. The van der Waals surface area contributed by atoms with Crippen molar-refractivity contribution in [2.45, 2.75) is 13.8 Å². The van der Waals surface area contributed by atoms with Gasteiger partial charge in [0.15, 0.2) is 0 Å². The van der Waals surface area contributed by atoms with Crippen molar-refractivity contribution in [1.29, 1.82) is 5.26 Å². The first-order chi connectivity index (χ1) is 8.13. The number of hydrogen-bond donors (Lipinski definition) is 2. The molecule has 1 aromatic carbocycles. The molecular formula is C13H19N3O. The summed E-state index contributed by atoms with van der Waals surface area (Å²) in [5.41, 5.74) is 7.53. The fraction of sp³-hybridized carbons (Fsp3) is 0.462. The number of nitrogen functional groups attached to an aromatic ring is 1. The highest BCUT2D eigenvalue weighted by Gasteiger charge is 1.99. The van der Waals surface area contributed by atoms with E-state index in [-0.39, 0.29) is 0 Å². The van der Waals surface area contributed by atoms with Gasteiger partial charge in [0, 0.05) is 24.5 Å². The summed E-state index contributed by atoms with van der Waals surface area (Å²) in [4.78, 5) is 0. The number of anilines is 2. The van der Waals surface area contributed by atoms with E-state index in [0.717, 1.165) is 18.8 Å². The zero-order valence-corrected chi connectivity index (χ0v) is 10.4. The van der Waals surface area contributed by atoms with Crippen molar-refractivity contribution >= 4 is 11.4 Å². The number of benzene rings is 1. The second-order valence-corrected chi connectivity index (χ2v) is 4.31. The predicted octanol–water partition coefficient (Wildman–Crippen LogP) is 2.22. The van der Waals surface area contributed by atoms with Crippen LogP contribution >= 0.6 is 0 Å². The third-order valence-electron chi connectivity index (χ3n) is 2.20. The molecule has 0 aliphatic heterocycles. The van der Waals surface area contributed by atoms with Crippen LogP contribution in [-0.4, -0.2) is 19.8 Å². The van der Waals surface area contributed by atoms with Gasteiger partial charge in [-0.2, -0.15) is 5.26 Å². The SMILES string of the molecule is CC(C)COCCNc1ccc(N)c(C#N)c1. The van der Waals surface area contributed by atoms with Crippen LogP contribution in [0.1, 0.15) is 19.4 Å². The number of ether oxygens (including phenoxy) is 1.